The van der Waals surface area contributed by atoms with Crippen LogP contribution in [0.2, 0.25) is 0 Å². The van der Waals surface area contributed by atoms with Gasteiger partial charge in [0.05, 0.1) is 21.2 Å². The molecule has 0 amide bonds. The Balaban J connectivity index is 0. The molecule has 0 fully saturated rings. The van der Waals surface area contributed by atoms with Crippen molar-refractivity contribution in [1.82, 2.24) is 0 Å². The number of hydrogen-bond donors (Lipinski definition) is 4. The van der Waals surface area contributed by atoms with E-state index in [0.717, 1.165) is 0 Å². The summed E-state index contributed by atoms with van der Waals surface area (Å²) in [7, 11) is 0. The van der Waals surface area contributed by atoms with E-state index < -0.39 is 9.85 Å². The number of hydrogen-bond acceptors (Lipinski definition) is 8. The van der Waals surface area contributed by atoms with Gasteiger partial charge < -0.3 is 22.9 Å². The highest BCUT2D eigenvalue weighted by Gasteiger charge is 2.09. The van der Waals surface area contributed by atoms with Crippen LogP contribution in [-0.4, -0.2) is 9.85 Å². The minimum absolute atomic E-state index is 0. The molecule has 0 aliphatic heterocycles. The average molecular weight is 379 g/mol. The smallest absolute Gasteiger partial charge is 0.292 e. The fourth-order valence-electron chi connectivity index (χ4n) is 1.41. The molecule has 0 saturated heterocycles. The molecule has 0 aliphatic rings. The van der Waals surface area contributed by atoms with Crippen molar-refractivity contribution in [2.75, 3.05) is 22.9 Å². The molecule has 0 spiro atoms. The molecule has 0 unspecified atom stereocenters. The van der Waals surface area contributed by atoms with E-state index in [2.05, 4.69) is 0 Å². The summed E-state index contributed by atoms with van der Waals surface area (Å²) in [5.74, 6) is 0. The molecule has 0 bridgehead atoms. The van der Waals surface area contributed by atoms with Crippen LogP contribution in [0, 0.1) is 20.2 Å². The molecular weight excluding hydrogens is 363 g/mol. The molecule has 0 heterocycles. The fourth-order valence-corrected chi connectivity index (χ4v) is 1.41. The van der Waals surface area contributed by atoms with Gasteiger partial charge in [-0.25, -0.2) is 0 Å². The van der Waals surface area contributed by atoms with Crippen molar-refractivity contribution in [2.24, 2.45) is 0 Å². The zero-order valence-electron chi connectivity index (χ0n) is 12.1. The van der Waals surface area contributed by atoms with Gasteiger partial charge in [-0.05, 0) is 18.2 Å². The summed E-state index contributed by atoms with van der Waals surface area (Å²) >= 11 is 0. The van der Waals surface area contributed by atoms with Gasteiger partial charge in [0.15, 0.2) is 0 Å². The monoisotopic (exact) mass is 378 g/mol. The third-order valence-electron chi connectivity index (χ3n) is 2.53. The van der Waals surface area contributed by atoms with Gasteiger partial charge in [0.25, 0.3) is 11.4 Å². The van der Waals surface area contributed by atoms with E-state index in [1.54, 1.807) is 0 Å². The summed E-state index contributed by atoms with van der Waals surface area (Å²) in [4.78, 5) is 19.3. The first-order valence-corrected chi connectivity index (χ1v) is 5.81. The first-order valence-electron chi connectivity index (χ1n) is 5.81. The molecule has 8 N–H and O–H groups in total. The quantitative estimate of drug-likeness (QED) is 0.347. The van der Waals surface area contributed by atoms with Crippen molar-refractivity contribution in [3.05, 3.63) is 56.6 Å². The van der Waals surface area contributed by atoms with Crippen LogP contribution in [0.3, 0.4) is 0 Å². The first kappa shape index (κ1) is 23.3. The topological polar surface area (TPSA) is 190 Å². The van der Waals surface area contributed by atoms with E-state index in [-0.39, 0.29) is 47.6 Å². The zero-order valence-corrected chi connectivity index (χ0v) is 13.8. The van der Waals surface area contributed by atoms with Gasteiger partial charge in [-0.15, -0.1) is 24.8 Å². The fraction of sp³-hybridized carbons (Fsp3) is 0. The van der Waals surface area contributed by atoms with Crippen molar-refractivity contribution < 1.29 is 9.85 Å². The number of non-ortho nitro benzene ring substituents is 1. The molecule has 0 saturated carbocycles. The molecule has 10 nitrogen and oxygen atoms in total. The standard InChI is InChI=1S/2C6H7N3O2.2ClH/c7-4-1-2-6(9(10)11)5(8)3-4;7-5-2-1-4(9(10)11)3-6(5)8;;/h2*1-3H,7-8H2;2*1H. The van der Waals surface area contributed by atoms with Crippen LogP contribution in [0.5, 0.6) is 0 Å². The molecule has 12 heteroatoms. The van der Waals surface area contributed by atoms with Crippen LogP contribution < -0.4 is 22.9 Å². The molecule has 0 radical (unpaired) electrons. The van der Waals surface area contributed by atoms with Crippen LogP contribution >= 0.6 is 24.8 Å². The molecule has 0 aliphatic carbocycles. The Morgan fingerprint density at radius 2 is 1.29 bits per heavy atom. The number of nitro benzene ring substituents is 2. The predicted octanol–water partition coefficient (Wildman–Crippen LogP) is 2.36. The Bertz CT molecular complexity index is 729. The second kappa shape index (κ2) is 9.92. The van der Waals surface area contributed by atoms with Crippen LogP contribution in [0.25, 0.3) is 0 Å². The Kier molecular flexibility index (Phi) is 9.63. The van der Waals surface area contributed by atoms with E-state index in [4.69, 9.17) is 22.9 Å². The highest BCUT2D eigenvalue weighted by Crippen LogP contribution is 2.22. The molecular formula is C12H16Cl2N6O4. The number of rotatable bonds is 2. The highest BCUT2D eigenvalue weighted by molar-refractivity contribution is 5.85. The molecule has 2 aromatic rings. The third-order valence-corrected chi connectivity index (χ3v) is 2.53. The summed E-state index contributed by atoms with van der Waals surface area (Å²) in [6, 6.07) is 8.03. The Labute approximate surface area is 148 Å². The van der Waals surface area contributed by atoms with E-state index in [0.29, 0.717) is 11.4 Å². The molecule has 0 aromatic heterocycles. The Morgan fingerprint density at radius 3 is 1.71 bits per heavy atom. The van der Waals surface area contributed by atoms with Gasteiger partial charge in [0.1, 0.15) is 5.69 Å². The number of nitrogens with zero attached hydrogens (tertiary/aromatic N) is 2. The highest BCUT2D eigenvalue weighted by atomic mass is 35.5. The van der Waals surface area contributed by atoms with Gasteiger partial charge in [0, 0.05) is 23.9 Å². The molecule has 132 valence electrons. The van der Waals surface area contributed by atoms with Gasteiger partial charge in [-0.2, -0.15) is 0 Å². The van der Waals surface area contributed by atoms with Crippen LogP contribution in [0.1, 0.15) is 0 Å². The van der Waals surface area contributed by atoms with Crippen molar-refractivity contribution in [3.8, 4) is 0 Å². The maximum Gasteiger partial charge on any atom is 0.292 e. The van der Waals surface area contributed by atoms with Crippen molar-refractivity contribution in [2.45, 2.75) is 0 Å². The molecule has 0 atom stereocenters. The summed E-state index contributed by atoms with van der Waals surface area (Å²) < 4.78 is 0. The summed E-state index contributed by atoms with van der Waals surface area (Å²) in [5, 5.41) is 20.4. The van der Waals surface area contributed by atoms with Crippen molar-refractivity contribution in [1.29, 1.82) is 0 Å². The maximum atomic E-state index is 10.2. The van der Waals surface area contributed by atoms with Crippen LogP contribution in [-0.2, 0) is 0 Å². The van der Waals surface area contributed by atoms with Gasteiger partial charge in [0.2, 0.25) is 0 Å². The van der Waals surface area contributed by atoms with E-state index in [1.165, 1.54) is 36.4 Å². The lowest BCUT2D eigenvalue weighted by molar-refractivity contribution is -0.384. The number of anilines is 4. The summed E-state index contributed by atoms with van der Waals surface area (Å²) in [6.07, 6.45) is 0. The molecule has 24 heavy (non-hydrogen) atoms. The summed E-state index contributed by atoms with van der Waals surface area (Å²) in [6.45, 7) is 0. The lowest BCUT2D eigenvalue weighted by Crippen LogP contribution is -1.96. The van der Waals surface area contributed by atoms with E-state index in [9.17, 15) is 20.2 Å². The maximum absolute atomic E-state index is 10.2. The summed E-state index contributed by atoms with van der Waals surface area (Å²) in [5.41, 5.74) is 22.2. The van der Waals surface area contributed by atoms with E-state index in [1.807, 2.05) is 0 Å². The molecule has 2 rings (SSSR count). The number of nitrogen functional groups attached to an aromatic ring is 4. The molecule has 2 aromatic carbocycles. The number of nitrogens with two attached hydrogens (primary N) is 4. The van der Waals surface area contributed by atoms with Gasteiger partial charge >= 0.3 is 0 Å². The lowest BCUT2D eigenvalue weighted by Gasteiger charge is -1.97. The van der Waals surface area contributed by atoms with Gasteiger partial charge in [-0.3, -0.25) is 20.2 Å². The van der Waals surface area contributed by atoms with E-state index >= 15 is 0 Å². The van der Waals surface area contributed by atoms with Crippen LogP contribution in [0.15, 0.2) is 36.4 Å². The normalized spacial score (nSPS) is 8.67. The largest absolute Gasteiger partial charge is 0.399 e. The SMILES string of the molecule is Cl.Cl.Nc1ccc([N+](=O)[O-])c(N)c1.Nc1ccc([N+](=O)[O-])cc1N. The third kappa shape index (κ3) is 6.42. The van der Waals surface area contributed by atoms with Crippen LogP contribution in [0.4, 0.5) is 34.1 Å². The lowest BCUT2D eigenvalue weighted by atomic mass is 10.2. The zero-order chi connectivity index (χ0) is 16.9. The van der Waals surface area contributed by atoms with Gasteiger partial charge in [-0.1, -0.05) is 0 Å². The predicted molar refractivity (Wildman–Crippen MR) is 98.3 cm³/mol. The number of halogens is 2. The number of nitro groups is 2. The minimum Gasteiger partial charge on any atom is -0.399 e. The minimum atomic E-state index is -0.547. The second-order valence-corrected chi connectivity index (χ2v) is 4.15. The van der Waals surface area contributed by atoms with Crippen molar-refractivity contribution >= 4 is 58.9 Å². The Morgan fingerprint density at radius 1 is 0.708 bits per heavy atom. The Hall–Kier alpha value is -2.98. The number of benzene rings is 2. The average Bonchev–Trinajstić information content (AvgIpc) is 2.41. The first-order chi connectivity index (χ1) is 10.2. The second-order valence-electron chi connectivity index (χ2n) is 4.15. The van der Waals surface area contributed by atoms with Crippen molar-refractivity contribution in [3.63, 3.8) is 0 Å².